The second-order valence-corrected chi connectivity index (χ2v) is 3.88. The van der Waals surface area contributed by atoms with E-state index in [0.29, 0.717) is 13.1 Å². The highest BCUT2D eigenvalue weighted by molar-refractivity contribution is 5.89. The van der Waals surface area contributed by atoms with Crippen LogP contribution in [-0.4, -0.2) is 29.4 Å². The molecular weight excluding hydrogens is 218 g/mol. The highest BCUT2D eigenvalue weighted by atomic mass is 16.2. The first-order valence-corrected chi connectivity index (χ1v) is 5.39. The van der Waals surface area contributed by atoms with Gasteiger partial charge in [0.05, 0.1) is 0 Å². The lowest BCUT2D eigenvalue weighted by molar-refractivity contribution is -0.123. The first-order chi connectivity index (χ1) is 8.18. The number of rotatable bonds is 3. The van der Waals surface area contributed by atoms with Crippen LogP contribution in [0.15, 0.2) is 30.3 Å². The Morgan fingerprint density at radius 1 is 1.35 bits per heavy atom. The molecule has 0 spiro atoms. The Hall–Kier alpha value is -2.04. The Labute approximate surface area is 99.6 Å². The van der Waals surface area contributed by atoms with Gasteiger partial charge in [0.25, 0.3) is 0 Å². The Morgan fingerprint density at radius 2 is 2.06 bits per heavy atom. The molecule has 5 nitrogen and oxygen atoms in total. The fourth-order valence-corrected chi connectivity index (χ4v) is 1.67. The zero-order valence-corrected chi connectivity index (χ0v) is 9.30. The van der Waals surface area contributed by atoms with Crippen molar-refractivity contribution < 1.29 is 9.59 Å². The van der Waals surface area contributed by atoms with Gasteiger partial charge in [0.2, 0.25) is 5.91 Å². The standard InChI is InChI=1S/C12H14N3O2/c13-11(16)10-6-7-15(10)12(17)14-8-9-4-2-1-3-5-9/h1-6,10H,7-8H2,(H2,13,16)(H,14,17). The van der Waals surface area contributed by atoms with Gasteiger partial charge in [0.1, 0.15) is 6.04 Å². The number of carbonyl (C=O) groups excluding carboxylic acids is 2. The summed E-state index contributed by atoms with van der Waals surface area (Å²) in [5.74, 6) is -0.494. The second-order valence-electron chi connectivity index (χ2n) is 3.88. The molecule has 1 radical (unpaired) electrons. The number of hydrogen-bond acceptors (Lipinski definition) is 2. The van der Waals surface area contributed by atoms with Crippen LogP contribution < -0.4 is 11.1 Å². The average molecular weight is 232 g/mol. The van der Waals surface area contributed by atoms with Gasteiger partial charge in [-0.05, 0) is 5.56 Å². The van der Waals surface area contributed by atoms with Crippen molar-refractivity contribution in [3.05, 3.63) is 42.3 Å². The predicted octanol–water partition coefficient (Wildman–Crippen LogP) is 0.270. The quantitative estimate of drug-likeness (QED) is 0.785. The molecule has 1 fully saturated rings. The summed E-state index contributed by atoms with van der Waals surface area (Å²) in [6, 6.07) is 8.75. The van der Waals surface area contributed by atoms with E-state index in [0.717, 1.165) is 5.56 Å². The molecule has 1 unspecified atom stereocenters. The smallest absolute Gasteiger partial charge is 0.318 e. The molecule has 1 aliphatic rings. The third kappa shape index (κ3) is 2.55. The summed E-state index contributed by atoms with van der Waals surface area (Å²) in [6.45, 7) is 0.913. The van der Waals surface area contributed by atoms with Gasteiger partial charge in [0, 0.05) is 19.5 Å². The zero-order chi connectivity index (χ0) is 12.3. The summed E-state index contributed by atoms with van der Waals surface area (Å²) in [5, 5.41) is 2.74. The molecule has 0 aromatic heterocycles. The van der Waals surface area contributed by atoms with Crippen LogP contribution in [0.3, 0.4) is 0 Å². The van der Waals surface area contributed by atoms with Crippen molar-refractivity contribution in [2.75, 3.05) is 6.54 Å². The van der Waals surface area contributed by atoms with E-state index in [1.165, 1.54) is 4.90 Å². The van der Waals surface area contributed by atoms with Crippen LogP contribution in [0.4, 0.5) is 4.79 Å². The molecule has 1 heterocycles. The van der Waals surface area contributed by atoms with E-state index in [1.807, 2.05) is 30.3 Å². The van der Waals surface area contributed by atoms with Crippen LogP contribution in [0.5, 0.6) is 0 Å². The maximum absolute atomic E-state index is 11.7. The number of benzene rings is 1. The van der Waals surface area contributed by atoms with Gasteiger partial charge in [-0.15, -0.1) is 0 Å². The molecule has 3 amide bonds. The maximum atomic E-state index is 11.7. The second kappa shape index (κ2) is 4.86. The topological polar surface area (TPSA) is 75.4 Å². The highest BCUT2D eigenvalue weighted by Crippen LogP contribution is 2.15. The number of likely N-dealkylation sites (tertiary alicyclic amines) is 1. The third-order valence-electron chi connectivity index (χ3n) is 2.70. The molecule has 0 aliphatic carbocycles. The van der Waals surface area contributed by atoms with Crippen molar-refractivity contribution in [3.8, 4) is 0 Å². The number of hydrogen-bond donors (Lipinski definition) is 2. The van der Waals surface area contributed by atoms with E-state index in [2.05, 4.69) is 5.32 Å². The monoisotopic (exact) mass is 232 g/mol. The molecule has 1 atom stereocenters. The number of nitrogens with zero attached hydrogens (tertiary/aromatic N) is 1. The summed E-state index contributed by atoms with van der Waals surface area (Å²) in [6.07, 6.45) is 1.71. The van der Waals surface area contributed by atoms with Gasteiger partial charge in [-0.25, -0.2) is 4.79 Å². The van der Waals surface area contributed by atoms with Crippen LogP contribution >= 0.6 is 0 Å². The first-order valence-electron chi connectivity index (χ1n) is 5.39. The molecule has 0 saturated carbocycles. The third-order valence-corrected chi connectivity index (χ3v) is 2.70. The number of nitrogens with one attached hydrogen (secondary N) is 1. The Kier molecular flexibility index (Phi) is 3.27. The van der Waals surface area contributed by atoms with Crippen molar-refractivity contribution in [1.29, 1.82) is 0 Å². The summed E-state index contributed by atoms with van der Waals surface area (Å²) >= 11 is 0. The minimum Gasteiger partial charge on any atom is -0.368 e. The summed E-state index contributed by atoms with van der Waals surface area (Å²) < 4.78 is 0. The van der Waals surface area contributed by atoms with Crippen LogP contribution in [0, 0.1) is 6.42 Å². The number of primary amides is 1. The molecule has 1 saturated heterocycles. The summed E-state index contributed by atoms with van der Waals surface area (Å²) in [4.78, 5) is 24.0. The van der Waals surface area contributed by atoms with Crippen molar-refractivity contribution >= 4 is 11.9 Å². The van der Waals surface area contributed by atoms with Gasteiger partial charge in [-0.2, -0.15) is 0 Å². The fourth-order valence-electron chi connectivity index (χ4n) is 1.67. The molecule has 1 aliphatic heterocycles. The maximum Gasteiger partial charge on any atom is 0.318 e. The Balaban J connectivity index is 1.84. The largest absolute Gasteiger partial charge is 0.368 e. The number of nitrogens with two attached hydrogens (primary N) is 1. The minimum atomic E-state index is -0.564. The lowest BCUT2D eigenvalue weighted by atomic mass is 10.0. The molecule has 89 valence electrons. The van der Waals surface area contributed by atoms with Crippen molar-refractivity contribution in [2.24, 2.45) is 5.73 Å². The summed E-state index contributed by atoms with van der Waals surface area (Å²) in [7, 11) is 0. The minimum absolute atomic E-state index is 0.264. The van der Waals surface area contributed by atoms with Crippen LogP contribution in [0.1, 0.15) is 5.56 Å². The van der Waals surface area contributed by atoms with Crippen LogP contribution in [-0.2, 0) is 11.3 Å². The SMILES string of the molecule is NC(=O)C1[CH]CN1C(=O)NCc1ccccc1. The molecule has 1 aromatic rings. The summed E-state index contributed by atoms with van der Waals surface area (Å²) in [5.41, 5.74) is 6.16. The van der Waals surface area contributed by atoms with Gasteiger partial charge < -0.3 is 16.0 Å². The fraction of sp³-hybridized carbons (Fsp3) is 0.250. The lowest BCUT2D eigenvalue weighted by Gasteiger charge is -2.38. The number of carbonyl (C=O) groups is 2. The molecular formula is C12H14N3O2. The first kappa shape index (κ1) is 11.4. The Bertz CT molecular complexity index is 419. The van der Waals surface area contributed by atoms with Crippen molar-refractivity contribution in [1.82, 2.24) is 10.2 Å². The van der Waals surface area contributed by atoms with E-state index in [9.17, 15) is 9.59 Å². The van der Waals surface area contributed by atoms with Crippen LogP contribution in [0.25, 0.3) is 0 Å². The lowest BCUT2D eigenvalue weighted by Crippen LogP contribution is -2.60. The van der Waals surface area contributed by atoms with Gasteiger partial charge in [-0.1, -0.05) is 30.3 Å². The Morgan fingerprint density at radius 3 is 2.59 bits per heavy atom. The number of amides is 3. The van der Waals surface area contributed by atoms with E-state index in [-0.39, 0.29) is 6.03 Å². The van der Waals surface area contributed by atoms with Gasteiger partial charge in [-0.3, -0.25) is 4.79 Å². The van der Waals surface area contributed by atoms with Crippen molar-refractivity contribution in [3.63, 3.8) is 0 Å². The van der Waals surface area contributed by atoms with Gasteiger partial charge >= 0.3 is 6.03 Å². The van der Waals surface area contributed by atoms with E-state index in [1.54, 1.807) is 6.42 Å². The van der Waals surface area contributed by atoms with Gasteiger partial charge in [0.15, 0.2) is 0 Å². The zero-order valence-electron chi connectivity index (χ0n) is 9.30. The number of urea groups is 1. The van der Waals surface area contributed by atoms with Crippen LogP contribution in [0.2, 0.25) is 0 Å². The molecule has 5 heteroatoms. The molecule has 2 rings (SSSR count). The van der Waals surface area contributed by atoms with Crippen molar-refractivity contribution in [2.45, 2.75) is 12.6 Å². The molecule has 1 aromatic carbocycles. The average Bonchev–Trinajstić information content (AvgIpc) is 2.25. The van der Waals surface area contributed by atoms with E-state index < -0.39 is 11.9 Å². The molecule has 0 bridgehead atoms. The van der Waals surface area contributed by atoms with E-state index >= 15 is 0 Å². The molecule has 3 N–H and O–H groups in total. The normalized spacial score (nSPS) is 18.4. The highest BCUT2D eigenvalue weighted by Gasteiger charge is 2.36. The van der Waals surface area contributed by atoms with E-state index in [4.69, 9.17) is 5.73 Å². The predicted molar refractivity (Wildman–Crippen MR) is 62.7 cm³/mol. The molecule has 17 heavy (non-hydrogen) atoms.